The van der Waals surface area contributed by atoms with Crippen molar-refractivity contribution in [1.29, 1.82) is 0 Å². The predicted molar refractivity (Wildman–Crippen MR) is 239 cm³/mol. The van der Waals surface area contributed by atoms with E-state index in [9.17, 15) is 9.46 Å². The summed E-state index contributed by atoms with van der Waals surface area (Å²) in [5.74, 6) is 2.61. The number of rotatable bonds is 4. The molecule has 0 fully saturated rings. The molecule has 0 atom stereocenters. The number of hydrogen-bond donors (Lipinski definition) is 1. The summed E-state index contributed by atoms with van der Waals surface area (Å²) in [6.45, 7) is 35.5. The second-order valence-corrected chi connectivity index (χ2v) is 24.1. The second-order valence-electron chi connectivity index (χ2n) is 22.8. The lowest BCUT2D eigenvalue weighted by molar-refractivity contribution is 0.276. The summed E-state index contributed by atoms with van der Waals surface area (Å²) in [7, 11) is -1.32. The average Bonchev–Trinajstić information content (AvgIpc) is 3.44. The van der Waals surface area contributed by atoms with E-state index in [1.54, 1.807) is 14.2 Å². The van der Waals surface area contributed by atoms with E-state index in [0.717, 1.165) is 91.1 Å². The molecule has 0 aromatic heterocycles. The third-order valence-corrected chi connectivity index (χ3v) is 13.9. The van der Waals surface area contributed by atoms with Crippen LogP contribution in [0.5, 0.6) is 23.0 Å². The topological polar surface area (TPSA) is 74.2 Å². The van der Waals surface area contributed by atoms with Crippen LogP contribution in [-0.2, 0) is 42.5 Å². The first-order chi connectivity index (χ1) is 26.4. The Morgan fingerprint density at radius 2 is 0.845 bits per heavy atom. The summed E-state index contributed by atoms with van der Waals surface area (Å²) in [6, 6.07) is 17.4. The first kappa shape index (κ1) is 42.4. The van der Waals surface area contributed by atoms with Crippen molar-refractivity contribution in [2.45, 2.75) is 162 Å². The Balaban J connectivity index is 1.61. The molecule has 1 N–H and O–H groups in total. The van der Waals surface area contributed by atoms with Crippen molar-refractivity contribution in [3.05, 3.63) is 93.0 Å². The number of phosphoric acid groups is 1. The lowest BCUT2D eigenvalue weighted by Crippen LogP contribution is -2.29. The van der Waals surface area contributed by atoms with Crippen LogP contribution in [0.2, 0.25) is 0 Å². The maximum atomic E-state index is 14.9. The fourth-order valence-corrected chi connectivity index (χ4v) is 11.5. The fraction of sp³-hybridized carbons (Fsp3) is 0.529. The standard InChI is InChI=1S/C51H67O6P/c1-45(2,3)35-23-29(24-36(43(35)54-17)46(4,5)6)31-19-21-33-39-41(31)56-58(52,53)57-42-32(20-22-34-40(42)51(39,27-49(33,13)14)28-50(34,15)16)30-25-37(47(7,8)9)44(55-18)38(26-30)48(10,11)12/h19-26H,27-28H2,1-18H3,(H,52,53). The van der Waals surface area contributed by atoms with E-state index in [2.05, 4.69) is 159 Å². The summed E-state index contributed by atoms with van der Waals surface area (Å²) in [5, 5.41) is 0. The van der Waals surface area contributed by atoms with Gasteiger partial charge in [0.25, 0.3) is 0 Å². The molecule has 1 spiro atoms. The van der Waals surface area contributed by atoms with Crippen LogP contribution in [0.15, 0.2) is 48.5 Å². The maximum absolute atomic E-state index is 14.9. The normalized spacial score (nSPS) is 18.7. The zero-order valence-corrected chi connectivity index (χ0v) is 39.4. The number of ether oxygens (including phenoxy) is 2. The van der Waals surface area contributed by atoms with E-state index >= 15 is 0 Å². The minimum atomic E-state index is -4.80. The Morgan fingerprint density at radius 1 is 0.552 bits per heavy atom. The molecule has 7 rings (SSSR count). The zero-order chi connectivity index (χ0) is 43.1. The van der Waals surface area contributed by atoms with Gasteiger partial charge in [-0.1, -0.05) is 135 Å². The van der Waals surface area contributed by atoms with Crippen LogP contribution in [0.1, 0.15) is 168 Å². The van der Waals surface area contributed by atoms with Gasteiger partial charge in [-0.05, 0) is 91.9 Å². The maximum Gasteiger partial charge on any atom is 0.584 e. The van der Waals surface area contributed by atoms with Crippen molar-refractivity contribution in [2.24, 2.45) is 0 Å². The van der Waals surface area contributed by atoms with E-state index in [4.69, 9.17) is 18.5 Å². The third kappa shape index (κ3) is 6.60. The monoisotopic (exact) mass is 806 g/mol. The molecule has 6 nitrogen and oxygen atoms in total. The third-order valence-electron chi connectivity index (χ3n) is 13.1. The van der Waals surface area contributed by atoms with Crippen molar-refractivity contribution in [1.82, 2.24) is 0 Å². The molecule has 4 aromatic rings. The van der Waals surface area contributed by atoms with Crippen molar-refractivity contribution >= 4 is 7.82 Å². The Labute approximate surface area is 348 Å². The molecule has 0 saturated carbocycles. The van der Waals surface area contributed by atoms with Gasteiger partial charge in [0.15, 0.2) is 0 Å². The van der Waals surface area contributed by atoms with E-state index in [0.29, 0.717) is 11.5 Å². The largest absolute Gasteiger partial charge is 0.584 e. The predicted octanol–water partition coefficient (Wildman–Crippen LogP) is 13.7. The summed E-state index contributed by atoms with van der Waals surface area (Å²) in [5.41, 5.74) is 9.86. The zero-order valence-electron chi connectivity index (χ0n) is 38.5. The number of methoxy groups -OCH3 is 2. The number of phosphoric ester groups is 1. The van der Waals surface area contributed by atoms with Gasteiger partial charge in [-0.2, -0.15) is 0 Å². The van der Waals surface area contributed by atoms with Crippen LogP contribution in [-0.4, -0.2) is 19.1 Å². The van der Waals surface area contributed by atoms with Crippen molar-refractivity contribution in [2.75, 3.05) is 14.2 Å². The van der Waals surface area contributed by atoms with E-state index in [-0.39, 0.29) is 32.5 Å². The fourth-order valence-electron chi connectivity index (χ4n) is 10.6. The SMILES string of the molecule is COc1c(C(C)(C)C)cc(-c2ccc3c4c2OP(=O)(O)Oc2c(-c5cc(C(C)(C)C)c(OC)c(C(C)(C)C)c5)ccc5c2C4(CC3(C)C)CC5(C)C)cc1C(C)(C)C. The Bertz CT molecular complexity index is 2170. The Morgan fingerprint density at radius 3 is 1.10 bits per heavy atom. The van der Waals surface area contributed by atoms with Gasteiger partial charge >= 0.3 is 7.82 Å². The number of benzene rings is 4. The molecule has 0 amide bonds. The lowest BCUT2D eigenvalue weighted by Gasteiger charge is -2.36. The minimum absolute atomic E-state index is 0.246. The van der Waals surface area contributed by atoms with Crippen LogP contribution >= 0.6 is 7.82 Å². The summed E-state index contributed by atoms with van der Waals surface area (Å²) in [6.07, 6.45) is 1.60. The van der Waals surface area contributed by atoms with E-state index < -0.39 is 13.2 Å². The lowest BCUT2D eigenvalue weighted by atomic mass is 9.71. The molecule has 0 unspecified atom stereocenters. The van der Waals surface area contributed by atoms with Crippen LogP contribution in [0.3, 0.4) is 0 Å². The first-order valence-corrected chi connectivity index (χ1v) is 22.4. The highest BCUT2D eigenvalue weighted by atomic mass is 31.2. The van der Waals surface area contributed by atoms with E-state index in [1.165, 1.54) is 0 Å². The average molecular weight is 807 g/mol. The number of hydrogen-bond acceptors (Lipinski definition) is 5. The van der Waals surface area contributed by atoms with Gasteiger partial charge in [0.05, 0.1) is 14.2 Å². The molecule has 1 heterocycles. The Hall–Kier alpha value is -3.73. The smallest absolute Gasteiger partial charge is 0.496 e. The molecule has 4 aromatic carbocycles. The van der Waals surface area contributed by atoms with Gasteiger partial charge in [0.1, 0.15) is 23.0 Å². The molecule has 0 bridgehead atoms. The molecule has 2 aliphatic carbocycles. The molecule has 58 heavy (non-hydrogen) atoms. The molecule has 1 aliphatic heterocycles. The second kappa shape index (κ2) is 12.9. The van der Waals surface area contributed by atoms with Gasteiger partial charge in [0.2, 0.25) is 0 Å². The van der Waals surface area contributed by atoms with Gasteiger partial charge in [-0.3, -0.25) is 4.89 Å². The van der Waals surface area contributed by atoms with Gasteiger partial charge in [-0.15, -0.1) is 0 Å². The highest BCUT2D eigenvalue weighted by Crippen LogP contribution is 2.71. The minimum Gasteiger partial charge on any atom is -0.496 e. The van der Waals surface area contributed by atoms with Gasteiger partial charge in [0, 0.05) is 49.9 Å². The first-order valence-electron chi connectivity index (χ1n) is 20.9. The molecular weight excluding hydrogens is 740 g/mol. The van der Waals surface area contributed by atoms with Crippen LogP contribution in [0.4, 0.5) is 0 Å². The molecule has 0 saturated heterocycles. The van der Waals surface area contributed by atoms with Crippen molar-refractivity contribution in [3.8, 4) is 45.3 Å². The van der Waals surface area contributed by atoms with E-state index in [1.807, 2.05) is 0 Å². The summed E-state index contributed by atoms with van der Waals surface area (Å²) in [4.78, 5) is 12.1. The van der Waals surface area contributed by atoms with Gasteiger partial charge in [-0.25, -0.2) is 4.57 Å². The Kier molecular flexibility index (Phi) is 9.42. The molecule has 0 radical (unpaired) electrons. The highest BCUT2D eigenvalue weighted by Gasteiger charge is 2.61. The van der Waals surface area contributed by atoms with Crippen molar-refractivity contribution in [3.63, 3.8) is 0 Å². The molecule has 3 aliphatic rings. The highest BCUT2D eigenvalue weighted by molar-refractivity contribution is 7.48. The van der Waals surface area contributed by atoms with Crippen molar-refractivity contribution < 1.29 is 28.0 Å². The molecular formula is C51H67O6P. The summed E-state index contributed by atoms with van der Waals surface area (Å²) >= 11 is 0. The van der Waals surface area contributed by atoms with Gasteiger partial charge < -0.3 is 18.5 Å². The molecule has 7 heteroatoms. The quantitative estimate of drug-likeness (QED) is 0.207. The summed E-state index contributed by atoms with van der Waals surface area (Å²) < 4.78 is 40.4. The molecule has 312 valence electrons. The van der Waals surface area contributed by atoms with Crippen LogP contribution in [0.25, 0.3) is 22.3 Å². The van der Waals surface area contributed by atoms with Crippen LogP contribution in [0, 0.1) is 0 Å². The van der Waals surface area contributed by atoms with Crippen LogP contribution < -0.4 is 18.5 Å².